The fourth-order valence-electron chi connectivity index (χ4n) is 3.37. The van der Waals surface area contributed by atoms with Gasteiger partial charge >= 0.3 is 5.97 Å². The molecule has 6 nitrogen and oxygen atoms in total. The van der Waals surface area contributed by atoms with E-state index in [-0.39, 0.29) is 17.8 Å². The smallest absolute Gasteiger partial charge is 0.337 e. The summed E-state index contributed by atoms with van der Waals surface area (Å²) in [5.74, 6) is 0.144. The third-order valence-corrected chi connectivity index (χ3v) is 4.83. The highest BCUT2D eigenvalue weighted by molar-refractivity contribution is 5.95. The van der Waals surface area contributed by atoms with Crippen molar-refractivity contribution in [3.8, 4) is 5.69 Å². The molecule has 0 aliphatic carbocycles. The summed E-state index contributed by atoms with van der Waals surface area (Å²) >= 11 is 0. The molecule has 1 aromatic heterocycles. The molecular weight excluding hydrogens is 342 g/mol. The first-order valence-electron chi connectivity index (χ1n) is 8.70. The van der Waals surface area contributed by atoms with E-state index in [0.29, 0.717) is 17.8 Å². The van der Waals surface area contributed by atoms with Gasteiger partial charge in [0, 0.05) is 17.9 Å². The Bertz CT molecular complexity index is 1000. The molecule has 0 saturated carbocycles. The van der Waals surface area contributed by atoms with Gasteiger partial charge in [-0.25, -0.2) is 9.48 Å². The molecule has 1 amide bonds. The quantitative estimate of drug-likeness (QED) is 0.725. The number of aromatic nitrogens is 2. The molecule has 1 N–H and O–H groups in total. The van der Waals surface area contributed by atoms with Crippen molar-refractivity contribution in [2.75, 3.05) is 12.4 Å². The van der Waals surface area contributed by atoms with Crippen LogP contribution >= 0.6 is 0 Å². The number of carbonyl (C=O) groups is 2. The van der Waals surface area contributed by atoms with Crippen molar-refractivity contribution in [1.82, 2.24) is 9.78 Å². The second kappa shape index (κ2) is 6.72. The first-order chi connectivity index (χ1) is 13.1. The summed E-state index contributed by atoms with van der Waals surface area (Å²) in [4.78, 5) is 24.0. The lowest BCUT2D eigenvalue weighted by Crippen LogP contribution is -2.24. The topological polar surface area (TPSA) is 73.2 Å². The number of ether oxygens (including phenoxy) is 1. The average molecular weight is 361 g/mol. The molecule has 0 spiro atoms. The number of hydrogen-bond donors (Lipinski definition) is 1. The van der Waals surface area contributed by atoms with Crippen LogP contribution in [0.1, 0.15) is 39.4 Å². The second-order valence-corrected chi connectivity index (χ2v) is 6.61. The van der Waals surface area contributed by atoms with E-state index < -0.39 is 0 Å². The molecular formula is C21H19N3O3. The maximum atomic E-state index is 12.3. The SMILES string of the molecule is COC(=O)c1ccc([C@H]2CC(=O)Nc3c2cnn3-c2ccc(C)cc2)cc1. The number of fused-ring (bicyclic) bond motifs is 1. The number of methoxy groups -OCH3 is 1. The van der Waals surface area contributed by atoms with Crippen LogP contribution in [0.4, 0.5) is 5.82 Å². The lowest BCUT2D eigenvalue weighted by Gasteiger charge is -2.24. The zero-order valence-electron chi connectivity index (χ0n) is 15.1. The maximum Gasteiger partial charge on any atom is 0.337 e. The molecule has 3 aromatic rings. The Balaban J connectivity index is 1.72. The Morgan fingerprint density at radius 1 is 1.15 bits per heavy atom. The number of benzene rings is 2. The number of carbonyl (C=O) groups excluding carboxylic acids is 2. The summed E-state index contributed by atoms with van der Waals surface area (Å²) in [5, 5.41) is 7.44. The number of rotatable bonds is 3. The summed E-state index contributed by atoms with van der Waals surface area (Å²) in [7, 11) is 1.35. The van der Waals surface area contributed by atoms with Crippen LogP contribution in [-0.2, 0) is 9.53 Å². The van der Waals surface area contributed by atoms with Crippen LogP contribution in [0, 0.1) is 6.92 Å². The molecule has 27 heavy (non-hydrogen) atoms. The Kier molecular flexibility index (Phi) is 4.24. The fraction of sp³-hybridized carbons (Fsp3) is 0.190. The third kappa shape index (κ3) is 3.10. The number of amides is 1. The van der Waals surface area contributed by atoms with Gasteiger partial charge in [0.05, 0.1) is 24.6 Å². The van der Waals surface area contributed by atoms with E-state index in [4.69, 9.17) is 4.74 Å². The average Bonchev–Trinajstić information content (AvgIpc) is 3.11. The van der Waals surface area contributed by atoms with Crippen LogP contribution in [0.2, 0.25) is 0 Å². The summed E-state index contributed by atoms with van der Waals surface area (Å²) in [6.07, 6.45) is 2.14. The fourth-order valence-corrected chi connectivity index (χ4v) is 3.37. The predicted octanol–water partition coefficient (Wildman–Crippen LogP) is 3.44. The van der Waals surface area contributed by atoms with Crippen LogP contribution < -0.4 is 5.32 Å². The van der Waals surface area contributed by atoms with Crippen molar-refractivity contribution in [1.29, 1.82) is 0 Å². The summed E-state index contributed by atoms with van der Waals surface area (Å²) in [6.45, 7) is 2.03. The van der Waals surface area contributed by atoms with E-state index in [1.807, 2.05) is 43.3 Å². The monoisotopic (exact) mass is 361 g/mol. The molecule has 2 aromatic carbocycles. The molecule has 0 radical (unpaired) electrons. The summed E-state index contributed by atoms with van der Waals surface area (Å²) in [6, 6.07) is 15.1. The Hall–Kier alpha value is -3.41. The molecule has 2 heterocycles. The van der Waals surface area contributed by atoms with Gasteiger partial charge < -0.3 is 10.1 Å². The second-order valence-electron chi connectivity index (χ2n) is 6.61. The van der Waals surface area contributed by atoms with Gasteiger partial charge in [0.1, 0.15) is 5.82 Å². The lowest BCUT2D eigenvalue weighted by molar-refractivity contribution is -0.116. The van der Waals surface area contributed by atoms with Crippen molar-refractivity contribution >= 4 is 17.7 Å². The minimum absolute atomic E-state index is 0.0570. The molecule has 1 aliphatic heterocycles. The summed E-state index contributed by atoms with van der Waals surface area (Å²) < 4.78 is 6.49. The maximum absolute atomic E-state index is 12.3. The normalized spacial score (nSPS) is 15.8. The first-order valence-corrected chi connectivity index (χ1v) is 8.70. The molecule has 1 aliphatic rings. The zero-order chi connectivity index (χ0) is 19.0. The van der Waals surface area contributed by atoms with E-state index in [1.54, 1.807) is 23.0 Å². The first kappa shape index (κ1) is 17.0. The van der Waals surface area contributed by atoms with E-state index in [0.717, 1.165) is 22.4 Å². The third-order valence-electron chi connectivity index (χ3n) is 4.83. The van der Waals surface area contributed by atoms with Crippen molar-refractivity contribution in [3.05, 3.63) is 77.0 Å². The molecule has 0 bridgehead atoms. The minimum atomic E-state index is -0.379. The highest BCUT2D eigenvalue weighted by atomic mass is 16.5. The van der Waals surface area contributed by atoms with Crippen molar-refractivity contribution in [2.24, 2.45) is 0 Å². The van der Waals surface area contributed by atoms with Crippen molar-refractivity contribution in [2.45, 2.75) is 19.3 Å². The van der Waals surface area contributed by atoms with Gasteiger partial charge in [-0.1, -0.05) is 29.8 Å². The van der Waals surface area contributed by atoms with Crippen LogP contribution in [0.15, 0.2) is 54.7 Å². The molecule has 1 atom stereocenters. The van der Waals surface area contributed by atoms with E-state index in [1.165, 1.54) is 7.11 Å². The Morgan fingerprint density at radius 2 is 1.85 bits per heavy atom. The standard InChI is InChI=1S/C21H19N3O3/c1-13-3-9-16(10-4-13)24-20-18(12-22-24)17(11-19(25)23-20)14-5-7-15(8-6-14)21(26)27-2/h3-10,12,17H,11H2,1-2H3,(H,23,25)/t17-/m1/s1. The Morgan fingerprint density at radius 3 is 2.52 bits per heavy atom. The Labute approximate surface area is 156 Å². The molecule has 6 heteroatoms. The van der Waals surface area contributed by atoms with Gasteiger partial charge in [-0.15, -0.1) is 0 Å². The van der Waals surface area contributed by atoms with Gasteiger partial charge in [0.15, 0.2) is 0 Å². The van der Waals surface area contributed by atoms with Crippen LogP contribution in [0.3, 0.4) is 0 Å². The molecule has 0 unspecified atom stereocenters. The van der Waals surface area contributed by atoms with E-state index in [2.05, 4.69) is 10.4 Å². The van der Waals surface area contributed by atoms with Gasteiger partial charge in [-0.3, -0.25) is 4.79 Å². The van der Waals surface area contributed by atoms with Crippen LogP contribution in [0.25, 0.3) is 5.69 Å². The number of anilines is 1. The highest BCUT2D eigenvalue weighted by Gasteiger charge is 2.30. The van der Waals surface area contributed by atoms with Crippen LogP contribution in [0.5, 0.6) is 0 Å². The summed E-state index contributed by atoms with van der Waals surface area (Å²) in [5.41, 5.74) is 4.46. The van der Waals surface area contributed by atoms with Crippen LogP contribution in [-0.4, -0.2) is 28.8 Å². The molecule has 0 saturated heterocycles. The van der Waals surface area contributed by atoms with Crippen molar-refractivity contribution in [3.63, 3.8) is 0 Å². The number of nitrogens with one attached hydrogen (secondary N) is 1. The molecule has 136 valence electrons. The van der Waals surface area contributed by atoms with Gasteiger partial charge in [-0.2, -0.15) is 5.10 Å². The van der Waals surface area contributed by atoms with E-state index >= 15 is 0 Å². The largest absolute Gasteiger partial charge is 0.465 e. The molecule has 4 rings (SSSR count). The van der Waals surface area contributed by atoms with Gasteiger partial charge in [0.2, 0.25) is 5.91 Å². The number of hydrogen-bond acceptors (Lipinski definition) is 4. The van der Waals surface area contributed by atoms with Gasteiger partial charge in [-0.05, 0) is 36.8 Å². The zero-order valence-corrected chi connectivity index (χ0v) is 15.1. The van der Waals surface area contributed by atoms with Crippen molar-refractivity contribution < 1.29 is 14.3 Å². The number of aryl methyl sites for hydroxylation is 1. The lowest BCUT2D eigenvalue weighted by atomic mass is 9.87. The predicted molar refractivity (Wildman–Crippen MR) is 101 cm³/mol. The van der Waals surface area contributed by atoms with Gasteiger partial charge in [0.25, 0.3) is 0 Å². The minimum Gasteiger partial charge on any atom is -0.465 e. The van der Waals surface area contributed by atoms with E-state index in [9.17, 15) is 9.59 Å². The highest BCUT2D eigenvalue weighted by Crippen LogP contribution is 2.38. The number of esters is 1. The number of nitrogens with zero attached hydrogens (tertiary/aromatic N) is 2. The molecule has 0 fully saturated rings.